The number of carbonyl (C=O) groups is 1. The molecule has 1 aromatic rings. The highest BCUT2D eigenvalue weighted by Gasteiger charge is 2.16. The molecule has 1 N–H and O–H groups in total. The third kappa shape index (κ3) is 5.19. The largest absolute Gasteiger partial charge is 0.497 e. The topological polar surface area (TPSA) is 53.0 Å². The first-order valence-corrected chi connectivity index (χ1v) is 6.64. The number of aliphatic carboxylic acids is 1. The normalized spacial score (nSPS) is 12.7. The average molecular weight is 280 g/mol. The molecule has 0 amide bonds. The molecule has 1 aromatic carbocycles. The van der Waals surface area contributed by atoms with Crippen LogP contribution in [-0.4, -0.2) is 62.2 Å². The maximum Gasteiger partial charge on any atom is 0.304 e. The summed E-state index contributed by atoms with van der Waals surface area (Å²) in [5.74, 6) is 0.0770. The second kappa shape index (κ2) is 7.87. The van der Waals surface area contributed by atoms with E-state index in [0.717, 1.165) is 12.3 Å². The molecule has 1 rings (SSSR count). The summed E-state index contributed by atoms with van der Waals surface area (Å²) < 4.78 is 5.17. The lowest BCUT2D eigenvalue weighted by Gasteiger charge is -2.29. The Kier molecular flexibility index (Phi) is 6.48. The summed E-state index contributed by atoms with van der Waals surface area (Å²) in [6.07, 6.45) is 0.166. The van der Waals surface area contributed by atoms with Crippen molar-refractivity contribution in [3.8, 4) is 5.75 Å². The first-order valence-electron chi connectivity index (χ1n) is 6.64. The third-order valence-corrected chi connectivity index (χ3v) is 3.32. The molecule has 0 radical (unpaired) electrons. The molecule has 5 nitrogen and oxygen atoms in total. The Morgan fingerprint density at radius 2 is 1.85 bits per heavy atom. The molecule has 0 fully saturated rings. The van der Waals surface area contributed by atoms with Gasteiger partial charge >= 0.3 is 5.97 Å². The Labute approximate surface area is 120 Å². The lowest BCUT2D eigenvalue weighted by atomic mass is 10.1. The van der Waals surface area contributed by atoms with Gasteiger partial charge in [-0.2, -0.15) is 0 Å². The Bertz CT molecular complexity index is 418. The summed E-state index contributed by atoms with van der Waals surface area (Å²) in [4.78, 5) is 14.8. The quantitative estimate of drug-likeness (QED) is 0.785. The second-order valence-corrected chi connectivity index (χ2v) is 5.16. The standard InChI is InChI=1S/C15H24N2O3/c1-16(2)14(11-17(3)10-9-15(18)19)12-5-7-13(20-4)8-6-12/h5-8,14H,9-11H2,1-4H3,(H,18,19). The van der Waals surface area contributed by atoms with Crippen molar-refractivity contribution in [3.63, 3.8) is 0 Å². The molecule has 0 heterocycles. The van der Waals surface area contributed by atoms with Gasteiger partial charge in [-0.05, 0) is 38.8 Å². The minimum Gasteiger partial charge on any atom is -0.497 e. The summed E-state index contributed by atoms with van der Waals surface area (Å²) in [5, 5.41) is 8.73. The van der Waals surface area contributed by atoms with Crippen LogP contribution in [0.2, 0.25) is 0 Å². The van der Waals surface area contributed by atoms with Crippen LogP contribution in [0.5, 0.6) is 5.75 Å². The predicted octanol–water partition coefficient (Wildman–Crippen LogP) is 1.70. The number of benzene rings is 1. The van der Waals surface area contributed by atoms with Crippen LogP contribution in [0.15, 0.2) is 24.3 Å². The molecule has 0 aliphatic rings. The zero-order valence-corrected chi connectivity index (χ0v) is 12.7. The molecule has 1 unspecified atom stereocenters. The van der Waals surface area contributed by atoms with Gasteiger partial charge in [-0.15, -0.1) is 0 Å². The third-order valence-electron chi connectivity index (χ3n) is 3.32. The van der Waals surface area contributed by atoms with Crippen molar-refractivity contribution < 1.29 is 14.6 Å². The molecule has 1 atom stereocenters. The van der Waals surface area contributed by atoms with Gasteiger partial charge < -0.3 is 19.6 Å². The van der Waals surface area contributed by atoms with Crippen molar-refractivity contribution in [2.75, 3.05) is 41.3 Å². The number of nitrogens with zero attached hydrogens (tertiary/aromatic N) is 2. The van der Waals surface area contributed by atoms with Crippen LogP contribution in [0.25, 0.3) is 0 Å². The zero-order chi connectivity index (χ0) is 15.1. The highest BCUT2D eigenvalue weighted by atomic mass is 16.5. The van der Waals surface area contributed by atoms with E-state index in [2.05, 4.69) is 17.0 Å². The first-order chi connectivity index (χ1) is 9.43. The van der Waals surface area contributed by atoms with E-state index in [1.54, 1.807) is 7.11 Å². The number of carboxylic acid groups (broad SMARTS) is 1. The van der Waals surface area contributed by atoms with Gasteiger partial charge in [-0.1, -0.05) is 12.1 Å². The van der Waals surface area contributed by atoms with Gasteiger partial charge in [0.05, 0.1) is 13.5 Å². The van der Waals surface area contributed by atoms with Crippen molar-refractivity contribution in [1.29, 1.82) is 0 Å². The minimum absolute atomic E-state index is 0.166. The minimum atomic E-state index is -0.761. The number of hydrogen-bond acceptors (Lipinski definition) is 4. The highest BCUT2D eigenvalue weighted by Crippen LogP contribution is 2.22. The van der Waals surface area contributed by atoms with E-state index in [0.29, 0.717) is 6.54 Å². The van der Waals surface area contributed by atoms with E-state index in [9.17, 15) is 4.79 Å². The fourth-order valence-corrected chi connectivity index (χ4v) is 2.07. The van der Waals surface area contributed by atoms with Gasteiger partial charge in [0.2, 0.25) is 0 Å². The summed E-state index contributed by atoms with van der Waals surface area (Å²) in [6, 6.07) is 8.22. The molecular formula is C15H24N2O3. The number of carboxylic acids is 1. The van der Waals surface area contributed by atoms with Crippen molar-refractivity contribution in [2.45, 2.75) is 12.5 Å². The maximum absolute atomic E-state index is 10.6. The average Bonchev–Trinajstić information content (AvgIpc) is 2.42. The molecule has 0 bridgehead atoms. The Balaban J connectivity index is 2.70. The lowest BCUT2D eigenvalue weighted by Crippen LogP contribution is -2.33. The van der Waals surface area contributed by atoms with E-state index in [1.807, 2.05) is 38.2 Å². The molecule has 0 aliphatic heterocycles. The monoisotopic (exact) mass is 280 g/mol. The first kappa shape index (κ1) is 16.5. The highest BCUT2D eigenvalue weighted by molar-refractivity contribution is 5.66. The molecule has 20 heavy (non-hydrogen) atoms. The van der Waals surface area contributed by atoms with Crippen molar-refractivity contribution in [2.24, 2.45) is 0 Å². The molecule has 5 heteroatoms. The van der Waals surface area contributed by atoms with E-state index in [4.69, 9.17) is 9.84 Å². The predicted molar refractivity (Wildman–Crippen MR) is 79.2 cm³/mol. The number of likely N-dealkylation sites (N-methyl/N-ethyl adjacent to an activating group) is 2. The van der Waals surface area contributed by atoms with Gasteiger partial charge in [0, 0.05) is 19.1 Å². The molecule has 0 aromatic heterocycles. The fourth-order valence-electron chi connectivity index (χ4n) is 2.07. The SMILES string of the molecule is COc1ccc(C(CN(C)CCC(=O)O)N(C)C)cc1. The van der Waals surface area contributed by atoms with Gasteiger partial charge in [-0.25, -0.2) is 0 Å². The second-order valence-electron chi connectivity index (χ2n) is 5.16. The fraction of sp³-hybridized carbons (Fsp3) is 0.533. The van der Waals surface area contributed by atoms with Crippen molar-refractivity contribution in [1.82, 2.24) is 9.80 Å². The van der Waals surface area contributed by atoms with E-state index >= 15 is 0 Å². The number of methoxy groups -OCH3 is 1. The Morgan fingerprint density at radius 1 is 1.25 bits per heavy atom. The van der Waals surface area contributed by atoms with E-state index < -0.39 is 5.97 Å². The van der Waals surface area contributed by atoms with E-state index in [1.165, 1.54) is 5.56 Å². The van der Waals surface area contributed by atoms with E-state index in [-0.39, 0.29) is 12.5 Å². The molecule has 0 spiro atoms. The molecule has 0 saturated heterocycles. The van der Waals surface area contributed by atoms with Crippen LogP contribution in [-0.2, 0) is 4.79 Å². The van der Waals surface area contributed by atoms with Crippen LogP contribution in [0.3, 0.4) is 0 Å². The van der Waals surface area contributed by atoms with Crippen LogP contribution >= 0.6 is 0 Å². The van der Waals surface area contributed by atoms with Crippen molar-refractivity contribution >= 4 is 5.97 Å². The number of rotatable bonds is 8. The number of ether oxygens (including phenoxy) is 1. The summed E-state index contributed by atoms with van der Waals surface area (Å²) in [7, 11) is 7.65. The summed E-state index contributed by atoms with van der Waals surface area (Å²) in [5.41, 5.74) is 1.19. The summed E-state index contributed by atoms with van der Waals surface area (Å²) in [6.45, 7) is 1.34. The lowest BCUT2D eigenvalue weighted by molar-refractivity contribution is -0.137. The Morgan fingerprint density at radius 3 is 2.30 bits per heavy atom. The zero-order valence-electron chi connectivity index (χ0n) is 12.7. The van der Waals surface area contributed by atoms with Gasteiger partial charge in [0.1, 0.15) is 5.75 Å². The smallest absolute Gasteiger partial charge is 0.304 e. The molecule has 0 aliphatic carbocycles. The maximum atomic E-state index is 10.6. The van der Waals surface area contributed by atoms with Crippen LogP contribution in [0.4, 0.5) is 0 Å². The molecular weight excluding hydrogens is 256 g/mol. The number of hydrogen-bond donors (Lipinski definition) is 1. The van der Waals surface area contributed by atoms with Crippen molar-refractivity contribution in [3.05, 3.63) is 29.8 Å². The van der Waals surface area contributed by atoms with Crippen LogP contribution in [0.1, 0.15) is 18.0 Å². The summed E-state index contributed by atoms with van der Waals surface area (Å²) >= 11 is 0. The molecule has 0 saturated carbocycles. The Hall–Kier alpha value is -1.59. The molecule has 112 valence electrons. The van der Waals surface area contributed by atoms with Gasteiger partial charge in [0.25, 0.3) is 0 Å². The van der Waals surface area contributed by atoms with Crippen LogP contribution in [0, 0.1) is 0 Å². The van der Waals surface area contributed by atoms with Gasteiger partial charge in [-0.3, -0.25) is 4.79 Å². The van der Waals surface area contributed by atoms with Gasteiger partial charge in [0.15, 0.2) is 0 Å². The van der Waals surface area contributed by atoms with Crippen LogP contribution < -0.4 is 4.74 Å².